The summed E-state index contributed by atoms with van der Waals surface area (Å²) in [5, 5.41) is 3.02. The van der Waals surface area contributed by atoms with Crippen molar-refractivity contribution < 1.29 is 9.59 Å². The molecule has 0 unspecified atom stereocenters. The van der Waals surface area contributed by atoms with E-state index in [9.17, 15) is 9.59 Å². The number of rotatable bonds is 5. The molecule has 0 aliphatic carbocycles. The molecule has 0 spiro atoms. The molecule has 0 aromatic heterocycles. The minimum Gasteiger partial charge on any atom is -0.340 e. The van der Waals surface area contributed by atoms with Crippen molar-refractivity contribution in [2.45, 2.75) is 12.8 Å². The van der Waals surface area contributed by atoms with Crippen LogP contribution >= 0.6 is 12.4 Å². The Kier molecular flexibility index (Phi) is 6.65. The van der Waals surface area contributed by atoms with Crippen LogP contribution < -0.4 is 10.2 Å². The van der Waals surface area contributed by atoms with E-state index < -0.39 is 0 Å². The van der Waals surface area contributed by atoms with Gasteiger partial charge < -0.3 is 15.1 Å². The summed E-state index contributed by atoms with van der Waals surface area (Å²) < 4.78 is 0. The normalized spacial score (nSPS) is 14.0. The summed E-state index contributed by atoms with van der Waals surface area (Å²) in [5.74, 6) is 0.117. The van der Waals surface area contributed by atoms with Crippen molar-refractivity contribution in [1.29, 1.82) is 0 Å². The molecule has 116 valence electrons. The topological polar surface area (TPSA) is 52.7 Å². The maximum atomic E-state index is 12.3. The van der Waals surface area contributed by atoms with E-state index in [1.54, 1.807) is 29.0 Å². The molecule has 1 fully saturated rings. The Morgan fingerprint density at radius 3 is 2.81 bits per heavy atom. The van der Waals surface area contributed by atoms with Gasteiger partial charge in [0.05, 0.1) is 0 Å². The van der Waals surface area contributed by atoms with Gasteiger partial charge in [0.1, 0.15) is 0 Å². The summed E-state index contributed by atoms with van der Waals surface area (Å²) in [7, 11) is 3.64. The molecule has 1 N–H and O–H groups in total. The molecule has 1 heterocycles. The Morgan fingerprint density at radius 1 is 1.43 bits per heavy atom. The number of likely N-dealkylation sites (N-methyl/N-ethyl adjacent to an activating group) is 2. The van der Waals surface area contributed by atoms with Crippen LogP contribution in [0.25, 0.3) is 0 Å². The molecule has 6 heteroatoms. The van der Waals surface area contributed by atoms with E-state index in [0.717, 1.165) is 25.2 Å². The van der Waals surface area contributed by atoms with Crippen LogP contribution in [0.15, 0.2) is 24.3 Å². The zero-order chi connectivity index (χ0) is 14.5. The van der Waals surface area contributed by atoms with Crippen LogP contribution in [0.3, 0.4) is 0 Å². The molecule has 2 amide bonds. The molecule has 21 heavy (non-hydrogen) atoms. The van der Waals surface area contributed by atoms with Crippen molar-refractivity contribution in [3.8, 4) is 0 Å². The van der Waals surface area contributed by atoms with Crippen LogP contribution in [0.2, 0.25) is 0 Å². The number of benzene rings is 1. The summed E-state index contributed by atoms with van der Waals surface area (Å²) >= 11 is 0. The molecule has 5 nitrogen and oxygen atoms in total. The number of halogens is 1. The van der Waals surface area contributed by atoms with Crippen molar-refractivity contribution in [1.82, 2.24) is 10.2 Å². The molecule has 1 saturated heterocycles. The van der Waals surface area contributed by atoms with Crippen molar-refractivity contribution in [2.75, 3.05) is 38.6 Å². The average Bonchev–Trinajstić information content (AvgIpc) is 2.90. The molecule has 2 rings (SSSR count). The monoisotopic (exact) mass is 311 g/mol. The molecule has 0 saturated carbocycles. The highest BCUT2D eigenvalue weighted by Crippen LogP contribution is 2.22. The van der Waals surface area contributed by atoms with Gasteiger partial charge in [0.2, 0.25) is 5.91 Å². The highest BCUT2D eigenvalue weighted by atomic mass is 35.5. The van der Waals surface area contributed by atoms with E-state index in [4.69, 9.17) is 0 Å². The second kappa shape index (κ2) is 8.00. The first-order valence-corrected chi connectivity index (χ1v) is 6.94. The Hall–Kier alpha value is -1.59. The van der Waals surface area contributed by atoms with Gasteiger partial charge in [-0.25, -0.2) is 0 Å². The van der Waals surface area contributed by atoms with Gasteiger partial charge in [-0.2, -0.15) is 0 Å². The molecule has 0 radical (unpaired) electrons. The van der Waals surface area contributed by atoms with Crippen molar-refractivity contribution >= 4 is 29.9 Å². The maximum absolute atomic E-state index is 12.3. The molecule has 1 aromatic carbocycles. The SMILES string of the molecule is CNCCN(C)C(=O)c1cccc(N2CCCC2=O)c1.Cl. The first kappa shape index (κ1) is 17.5. The van der Waals surface area contributed by atoms with Crippen LogP contribution in [-0.2, 0) is 4.79 Å². The predicted octanol–water partition coefficient (Wildman–Crippen LogP) is 1.53. The second-order valence-electron chi connectivity index (χ2n) is 5.03. The Labute approximate surface area is 131 Å². The van der Waals surface area contributed by atoms with E-state index in [-0.39, 0.29) is 24.2 Å². The number of amides is 2. The van der Waals surface area contributed by atoms with Gasteiger partial charge in [0, 0.05) is 44.4 Å². The first-order valence-electron chi connectivity index (χ1n) is 6.94. The van der Waals surface area contributed by atoms with Gasteiger partial charge in [-0.05, 0) is 31.7 Å². The zero-order valence-corrected chi connectivity index (χ0v) is 13.3. The van der Waals surface area contributed by atoms with E-state index in [1.165, 1.54) is 0 Å². The van der Waals surface area contributed by atoms with Gasteiger partial charge in [-0.3, -0.25) is 9.59 Å². The molecule has 1 aliphatic heterocycles. The van der Waals surface area contributed by atoms with Gasteiger partial charge >= 0.3 is 0 Å². The fourth-order valence-electron chi connectivity index (χ4n) is 2.33. The Bertz CT molecular complexity index is 507. The lowest BCUT2D eigenvalue weighted by atomic mass is 10.1. The number of hydrogen-bond donors (Lipinski definition) is 1. The number of nitrogens with one attached hydrogen (secondary N) is 1. The van der Waals surface area contributed by atoms with Crippen LogP contribution in [0.1, 0.15) is 23.2 Å². The van der Waals surface area contributed by atoms with Gasteiger partial charge in [-0.1, -0.05) is 6.07 Å². The van der Waals surface area contributed by atoms with Gasteiger partial charge in [0.25, 0.3) is 5.91 Å². The van der Waals surface area contributed by atoms with E-state index >= 15 is 0 Å². The van der Waals surface area contributed by atoms with Crippen molar-refractivity contribution in [3.63, 3.8) is 0 Å². The summed E-state index contributed by atoms with van der Waals surface area (Å²) in [4.78, 5) is 27.5. The highest BCUT2D eigenvalue weighted by Gasteiger charge is 2.22. The third kappa shape index (κ3) is 4.19. The van der Waals surface area contributed by atoms with Crippen molar-refractivity contribution in [3.05, 3.63) is 29.8 Å². The highest BCUT2D eigenvalue weighted by molar-refractivity contribution is 5.99. The smallest absolute Gasteiger partial charge is 0.253 e. The molecule has 1 aromatic rings. The van der Waals surface area contributed by atoms with E-state index in [1.807, 2.05) is 19.2 Å². The Morgan fingerprint density at radius 2 is 2.19 bits per heavy atom. The van der Waals surface area contributed by atoms with Gasteiger partial charge in [0.15, 0.2) is 0 Å². The summed E-state index contributed by atoms with van der Waals surface area (Å²) in [6, 6.07) is 7.32. The lowest BCUT2D eigenvalue weighted by molar-refractivity contribution is -0.117. The van der Waals surface area contributed by atoms with Crippen molar-refractivity contribution in [2.24, 2.45) is 0 Å². The number of nitrogens with zero attached hydrogens (tertiary/aromatic N) is 2. The first-order chi connectivity index (χ1) is 9.63. The largest absolute Gasteiger partial charge is 0.340 e. The summed E-state index contributed by atoms with van der Waals surface area (Å²) in [6.45, 7) is 2.15. The van der Waals surface area contributed by atoms with E-state index in [2.05, 4.69) is 5.32 Å². The Balaban J connectivity index is 0.00000220. The standard InChI is InChI=1S/C15H21N3O2.ClH/c1-16-8-10-17(2)15(20)12-5-3-6-13(11-12)18-9-4-7-14(18)19;/h3,5-6,11,16H,4,7-10H2,1-2H3;1H. The third-order valence-electron chi connectivity index (χ3n) is 3.52. The number of carbonyl (C=O) groups is 2. The zero-order valence-electron chi connectivity index (χ0n) is 12.5. The predicted molar refractivity (Wildman–Crippen MR) is 86.2 cm³/mol. The summed E-state index contributed by atoms with van der Waals surface area (Å²) in [6.07, 6.45) is 1.49. The quantitative estimate of drug-likeness (QED) is 0.897. The van der Waals surface area contributed by atoms with Crippen LogP contribution in [0.4, 0.5) is 5.69 Å². The number of carbonyl (C=O) groups excluding carboxylic acids is 2. The molecular formula is C15H22ClN3O2. The minimum absolute atomic E-state index is 0. The lowest BCUT2D eigenvalue weighted by Crippen LogP contribution is -2.33. The fourth-order valence-corrected chi connectivity index (χ4v) is 2.33. The molecule has 0 atom stereocenters. The maximum Gasteiger partial charge on any atom is 0.253 e. The van der Waals surface area contributed by atoms with Crippen LogP contribution in [0, 0.1) is 0 Å². The lowest BCUT2D eigenvalue weighted by Gasteiger charge is -2.19. The van der Waals surface area contributed by atoms with E-state index in [0.29, 0.717) is 18.5 Å². The second-order valence-corrected chi connectivity index (χ2v) is 5.03. The average molecular weight is 312 g/mol. The number of anilines is 1. The van der Waals surface area contributed by atoms with Crippen LogP contribution in [0.5, 0.6) is 0 Å². The molecule has 1 aliphatic rings. The molecular weight excluding hydrogens is 290 g/mol. The molecule has 0 bridgehead atoms. The van der Waals surface area contributed by atoms with Gasteiger partial charge in [-0.15, -0.1) is 12.4 Å². The fraction of sp³-hybridized carbons (Fsp3) is 0.467. The summed E-state index contributed by atoms with van der Waals surface area (Å²) in [5.41, 5.74) is 1.45. The van der Waals surface area contributed by atoms with Crippen LogP contribution in [-0.4, -0.2) is 50.4 Å². The minimum atomic E-state index is -0.0197. The number of hydrogen-bond acceptors (Lipinski definition) is 3. The third-order valence-corrected chi connectivity index (χ3v) is 3.52.